The predicted molar refractivity (Wildman–Crippen MR) is 117 cm³/mol. The van der Waals surface area contributed by atoms with Gasteiger partial charge in [-0.15, -0.1) is 11.3 Å². The lowest BCUT2D eigenvalue weighted by Gasteiger charge is -2.23. The van der Waals surface area contributed by atoms with Crippen molar-refractivity contribution in [2.24, 2.45) is 0 Å². The topological polar surface area (TPSA) is 71.5 Å². The molecule has 0 fully saturated rings. The van der Waals surface area contributed by atoms with Gasteiger partial charge in [-0.05, 0) is 30.8 Å². The molecular formula is C23H23N3O3S. The molecule has 3 aromatic rings. The van der Waals surface area contributed by atoms with Gasteiger partial charge in [-0.2, -0.15) is 0 Å². The molecule has 0 saturated heterocycles. The number of hydrogen-bond acceptors (Lipinski definition) is 6. The van der Waals surface area contributed by atoms with Crippen LogP contribution in [0.15, 0.2) is 54.6 Å². The Balaban J connectivity index is 1.30. The molecule has 30 heavy (non-hydrogen) atoms. The second-order valence-corrected chi connectivity index (χ2v) is 8.15. The first kappa shape index (κ1) is 20.3. The van der Waals surface area contributed by atoms with Crippen LogP contribution < -0.4 is 10.1 Å². The summed E-state index contributed by atoms with van der Waals surface area (Å²) in [6.07, 6.45) is 0.917. The van der Waals surface area contributed by atoms with Gasteiger partial charge >= 0.3 is 0 Å². The molecule has 1 amide bonds. The molecule has 1 aliphatic heterocycles. The molecule has 0 atom stereocenters. The van der Waals surface area contributed by atoms with Gasteiger partial charge in [-0.25, -0.2) is 4.98 Å². The maximum Gasteiger partial charge on any atom is 0.264 e. The van der Waals surface area contributed by atoms with Crippen molar-refractivity contribution in [1.29, 1.82) is 0 Å². The summed E-state index contributed by atoms with van der Waals surface area (Å²) in [4.78, 5) is 32.8. The van der Waals surface area contributed by atoms with Crippen molar-refractivity contribution in [3.05, 3.63) is 76.3 Å². The van der Waals surface area contributed by atoms with Gasteiger partial charge in [0.2, 0.25) is 0 Å². The van der Waals surface area contributed by atoms with Gasteiger partial charge < -0.3 is 4.74 Å². The van der Waals surface area contributed by atoms with Gasteiger partial charge in [0.15, 0.2) is 17.5 Å². The normalized spacial score (nSPS) is 13.5. The second-order valence-electron chi connectivity index (χ2n) is 7.06. The zero-order valence-electron chi connectivity index (χ0n) is 16.8. The number of carbonyl (C=O) groups excluding carboxylic acids is 2. The minimum atomic E-state index is -0.252. The highest BCUT2D eigenvalue weighted by molar-refractivity contribution is 7.15. The fourth-order valence-electron chi connectivity index (χ4n) is 3.33. The number of hydrogen-bond donors (Lipinski definition) is 1. The van der Waals surface area contributed by atoms with Gasteiger partial charge in [0.25, 0.3) is 5.91 Å². The third kappa shape index (κ3) is 4.75. The van der Waals surface area contributed by atoms with E-state index in [2.05, 4.69) is 22.1 Å². The number of likely N-dealkylation sites (N-methyl/N-ethyl adjacent to an activating group) is 1. The number of benzene rings is 2. The zero-order chi connectivity index (χ0) is 20.9. The third-order valence-electron chi connectivity index (χ3n) is 5.03. The van der Waals surface area contributed by atoms with Crippen LogP contribution in [0.1, 0.15) is 33.4 Å². The average Bonchev–Trinajstić information content (AvgIpc) is 3.19. The molecule has 4 rings (SSSR count). The minimum absolute atomic E-state index is 0.0470. The number of ether oxygens (including phenoxy) is 1. The number of nitrogens with zero attached hydrogens (tertiary/aromatic N) is 2. The van der Waals surface area contributed by atoms with Crippen molar-refractivity contribution >= 4 is 28.2 Å². The molecule has 1 aromatic heterocycles. The number of carbonyl (C=O) groups is 2. The molecule has 1 N–H and O–H groups in total. The van der Waals surface area contributed by atoms with E-state index in [1.165, 1.54) is 16.2 Å². The fourth-order valence-corrected chi connectivity index (χ4v) is 4.40. The Labute approximate surface area is 179 Å². The highest BCUT2D eigenvalue weighted by Gasteiger charge is 2.20. The van der Waals surface area contributed by atoms with E-state index in [0.717, 1.165) is 31.7 Å². The van der Waals surface area contributed by atoms with Crippen LogP contribution in [-0.2, 0) is 17.8 Å². The first-order chi connectivity index (χ1) is 14.6. The lowest BCUT2D eigenvalue weighted by molar-refractivity contribution is -0.118. The Morgan fingerprint density at radius 3 is 2.57 bits per heavy atom. The Morgan fingerprint density at radius 2 is 1.83 bits per heavy atom. The standard InChI is InChI=1S/C23H23N3O3S/c1-2-26-13-12-19-20(14-26)30-23(24-19)25-21(27)15-29-18-10-8-17(9-11-18)22(28)16-6-4-3-5-7-16/h3-11H,2,12-15H2,1H3,(H,24,25,27). The van der Waals surface area contributed by atoms with Crippen LogP contribution in [0, 0.1) is 0 Å². The molecular weight excluding hydrogens is 398 g/mol. The van der Waals surface area contributed by atoms with E-state index in [1.807, 2.05) is 18.2 Å². The molecule has 154 valence electrons. The largest absolute Gasteiger partial charge is 0.484 e. The van der Waals surface area contributed by atoms with E-state index >= 15 is 0 Å². The number of thiazole rings is 1. The van der Waals surface area contributed by atoms with Gasteiger partial charge in [0, 0.05) is 35.5 Å². The molecule has 0 radical (unpaired) electrons. The van der Waals surface area contributed by atoms with E-state index < -0.39 is 0 Å². The van der Waals surface area contributed by atoms with Gasteiger partial charge in [0.05, 0.1) is 5.69 Å². The molecule has 7 heteroatoms. The lowest BCUT2D eigenvalue weighted by atomic mass is 10.0. The number of aromatic nitrogens is 1. The summed E-state index contributed by atoms with van der Waals surface area (Å²) in [6, 6.07) is 15.9. The fraction of sp³-hybridized carbons (Fsp3) is 0.261. The molecule has 6 nitrogen and oxygen atoms in total. The summed E-state index contributed by atoms with van der Waals surface area (Å²) in [5.74, 6) is 0.235. The summed E-state index contributed by atoms with van der Waals surface area (Å²) in [5.41, 5.74) is 2.30. The number of amides is 1. The van der Waals surface area contributed by atoms with Crippen LogP contribution in [0.5, 0.6) is 5.75 Å². The van der Waals surface area contributed by atoms with E-state index in [9.17, 15) is 9.59 Å². The van der Waals surface area contributed by atoms with E-state index in [-0.39, 0.29) is 18.3 Å². The minimum Gasteiger partial charge on any atom is -0.484 e. The number of anilines is 1. The average molecular weight is 422 g/mol. The molecule has 0 bridgehead atoms. The van der Waals surface area contributed by atoms with Crippen molar-refractivity contribution in [2.75, 3.05) is 25.0 Å². The number of rotatable bonds is 7. The molecule has 0 saturated carbocycles. The maximum absolute atomic E-state index is 12.4. The molecule has 0 aliphatic carbocycles. The molecule has 2 heterocycles. The SMILES string of the molecule is CCN1CCc2nc(NC(=O)COc3ccc(C(=O)c4ccccc4)cc3)sc2C1. The van der Waals surface area contributed by atoms with Crippen molar-refractivity contribution < 1.29 is 14.3 Å². The second kappa shape index (κ2) is 9.19. The van der Waals surface area contributed by atoms with Crippen LogP contribution in [0.25, 0.3) is 0 Å². The third-order valence-corrected chi connectivity index (χ3v) is 6.02. The van der Waals surface area contributed by atoms with E-state index in [0.29, 0.717) is 22.0 Å². The van der Waals surface area contributed by atoms with Crippen LogP contribution in [-0.4, -0.2) is 41.3 Å². The van der Waals surface area contributed by atoms with E-state index in [4.69, 9.17) is 4.74 Å². The Morgan fingerprint density at radius 1 is 1.10 bits per heavy atom. The summed E-state index contributed by atoms with van der Waals surface area (Å²) < 4.78 is 5.56. The number of ketones is 1. The molecule has 2 aromatic carbocycles. The van der Waals surface area contributed by atoms with Crippen LogP contribution in [0.2, 0.25) is 0 Å². The van der Waals surface area contributed by atoms with Crippen molar-refractivity contribution in [3.63, 3.8) is 0 Å². The van der Waals surface area contributed by atoms with Crippen LogP contribution >= 0.6 is 11.3 Å². The summed E-state index contributed by atoms with van der Waals surface area (Å²) in [6.45, 7) is 4.95. The molecule has 0 spiro atoms. The maximum atomic E-state index is 12.4. The summed E-state index contributed by atoms with van der Waals surface area (Å²) in [7, 11) is 0. The van der Waals surface area contributed by atoms with Crippen molar-refractivity contribution in [2.45, 2.75) is 19.9 Å². The van der Waals surface area contributed by atoms with E-state index in [1.54, 1.807) is 36.4 Å². The Kier molecular flexibility index (Phi) is 6.21. The molecule has 1 aliphatic rings. The lowest BCUT2D eigenvalue weighted by Crippen LogP contribution is -2.29. The smallest absolute Gasteiger partial charge is 0.264 e. The predicted octanol–water partition coefficient (Wildman–Crippen LogP) is 3.77. The monoisotopic (exact) mass is 421 g/mol. The number of nitrogens with one attached hydrogen (secondary N) is 1. The zero-order valence-corrected chi connectivity index (χ0v) is 17.6. The highest BCUT2D eigenvalue weighted by Crippen LogP contribution is 2.28. The summed E-state index contributed by atoms with van der Waals surface area (Å²) in [5, 5.41) is 3.44. The Bertz CT molecular complexity index is 1030. The van der Waals surface area contributed by atoms with Crippen LogP contribution in [0.4, 0.5) is 5.13 Å². The molecule has 0 unspecified atom stereocenters. The number of fused-ring (bicyclic) bond motifs is 1. The van der Waals surface area contributed by atoms with Gasteiger partial charge in [-0.1, -0.05) is 37.3 Å². The van der Waals surface area contributed by atoms with Crippen molar-refractivity contribution in [3.8, 4) is 5.75 Å². The van der Waals surface area contributed by atoms with Crippen LogP contribution in [0.3, 0.4) is 0 Å². The first-order valence-electron chi connectivity index (χ1n) is 9.96. The Hall–Kier alpha value is -3.03. The highest BCUT2D eigenvalue weighted by atomic mass is 32.1. The van der Waals surface area contributed by atoms with Gasteiger partial charge in [-0.3, -0.25) is 19.8 Å². The quantitative estimate of drug-likeness (QED) is 0.588. The van der Waals surface area contributed by atoms with Gasteiger partial charge in [0.1, 0.15) is 5.75 Å². The first-order valence-corrected chi connectivity index (χ1v) is 10.8. The van der Waals surface area contributed by atoms with Crippen molar-refractivity contribution in [1.82, 2.24) is 9.88 Å². The summed E-state index contributed by atoms with van der Waals surface area (Å²) >= 11 is 1.53.